The zero-order valence-electron chi connectivity index (χ0n) is 12.2. The summed E-state index contributed by atoms with van der Waals surface area (Å²) >= 11 is 0. The van der Waals surface area contributed by atoms with Crippen LogP contribution in [0.1, 0.15) is 32.3 Å². The maximum atomic E-state index is 13.3. The number of carbonyl (C=O) groups is 2. The van der Waals surface area contributed by atoms with E-state index in [1.165, 1.54) is 6.07 Å². The Labute approximate surface area is 122 Å². The second kappa shape index (κ2) is 7.71. The van der Waals surface area contributed by atoms with E-state index in [9.17, 15) is 18.4 Å². The van der Waals surface area contributed by atoms with Crippen molar-refractivity contribution in [2.75, 3.05) is 13.2 Å². The lowest BCUT2D eigenvalue weighted by molar-refractivity contribution is -0.162. The zero-order chi connectivity index (χ0) is 16.0. The quantitative estimate of drug-likeness (QED) is 0.599. The van der Waals surface area contributed by atoms with Crippen LogP contribution in [-0.2, 0) is 19.1 Å². The summed E-state index contributed by atoms with van der Waals surface area (Å²) in [7, 11) is 0. The molecule has 0 bridgehead atoms. The van der Waals surface area contributed by atoms with Crippen molar-refractivity contribution in [3.05, 3.63) is 35.4 Å². The first-order chi connectivity index (χ1) is 9.92. The van der Waals surface area contributed by atoms with E-state index in [4.69, 9.17) is 9.47 Å². The maximum Gasteiger partial charge on any atom is 0.320 e. The van der Waals surface area contributed by atoms with Gasteiger partial charge >= 0.3 is 11.9 Å². The second-order valence-corrected chi connectivity index (χ2v) is 4.44. The highest BCUT2D eigenvalue weighted by Crippen LogP contribution is 2.28. The first-order valence-electron chi connectivity index (χ1n) is 6.70. The molecule has 116 valence electrons. The molecule has 0 spiro atoms. The van der Waals surface area contributed by atoms with Gasteiger partial charge in [0.2, 0.25) is 0 Å². The zero-order valence-corrected chi connectivity index (χ0v) is 12.2. The Morgan fingerprint density at radius 1 is 1.05 bits per heavy atom. The van der Waals surface area contributed by atoms with E-state index < -0.39 is 35.4 Å². The van der Waals surface area contributed by atoms with Crippen LogP contribution in [0.5, 0.6) is 0 Å². The molecule has 0 saturated carbocycles. The molecule has 1 aromatic rings. The van der Waals surface area contributed by atoms with Crippen LogP contribution in [0.4, 0.5) is 8.78 Å². The molecule has 0 heterocycles. The van der Waals surface area contributed by atoms with Gasteiger partial charge in [0.1, 0.15) is 0 Å². The first kappa shape index (κ1) is 17.1. The highest BCUT2D eigenvalue weighted by atomic mass is 19.2. The van der Waals surface area contributed by atoms with Gasteiger partial charge in [0.05, 0.1) is 13.2 Å². The molecule has 4 nitrogen and oxygen atoms in total. The number of halogens is 2. The third-order valence-corrected chi connectivity index (χ3v) is 3.05. The molecule has 0 aliphatic rings. The van der Waals surface area contributed by atoms with Crippen LogP contribution in [0.15, 0.2) is 18.2 Å². The summed E-state index contributed by atoms with van der Waals surface area (Å²) in [6.45, 7) is 5.01. The summed E-state index contributed by atoms with van der Waals surface area (Å²) in [5.74, 6) is -5.42. The number of rotatable bonds is 6. The predicted octanol–water partition coefficient (Wildman–Crippen LogP) is 2.81. The van der Waals surface area contributed by atoms with E-state index in [2.05, 4.69) is 0 Å². The monoisotopic (exact) mass is 300 g/mol. The lowest BCUT2D eigenvalue weighted by Crippen LogP contribution is -2.32. The Balaban J connectivity index is 3.08. The van der Waals surface area contributed by atoms with Crippen molar-refractivity contribution >= 4 is 11.9 Å². The Morgan fingerprint density at radius 2 is 1.57 bits per heavy atom. The molecule has 0 aliphatic carbocycles. The van der Waals surface area contributed by atoms with Gasteiger partial charge in [0.25, 0.3) is 0 Å². The number of hydrogen-bond acceptors (Lipinski definition) is 4. The van der Waals surface area contributed by atoms with Crippen LogP contribution in [-0.4, -0.2) is 25.2 Å². The molecule has 6 heteroatoms. The normalized spacial score (nSPS) is 12.1. The van der Waals surface area contributed by atoms with Gasteiger partial charge in [-0.25, -0.2) is 8.78 Å². The summed E-state index contributed by atoms with van der Waals surface area (Å²) < 4.78 is 36.0. The molecule has 0 radical (unpaired) electrons. The summed E-state index contributed by atoms with van der Waals surface area (Å²) in [4.78, 5) is 23.9. The van der Waals surface area contributed by atoms with Crippen LogP contribution < -0.4 is 0 Å². The van der Waals surface area contributed by atoms with Crippen molar-refractivity contribution in [2.24, 2.45) is 5.92 Å². The average Bonchev–Trinajstić information content (AvgIpc) is 2.42. The molecule has 0 N–H and O–H groups in total. The van der Waals surface area contributed by atoms with Crippen molar-refractivity contribution < 1.29 is 27.8 Å². The summed E-state index contributed by atoms with van der Waals surface area (Å²) in [6, 6.07) is 3.24. The van der Waals surface area contributed by atoms with Crippen LogP contribution in [0.3, 0.4) is 0 Å². The van der Waals surface area contributed by atoms with Gasteiger partial charge in [-0.15, -0.1) is 0 Å². The van der Waals surface area contributed by atoms with Crippen molar-refractivity contribution in [1.82, 2.24) is 0 Å². The Morgan fingerprint density at radius 3 is 2.00 bits per heavy atom. The highest BCUT2D eigenvalue weighted by molar-refractivity contribution is 5.96. The van der Waals surface area contributed by atoms with Crippen molar-refractivity contribution in [3.63, 3.8) is 0 Å². The SMILES string of the molecule is CCOC(=O)C(C(=O)OCC)[C@@H](C)c1ccc(F)c(F)c1. The van der Waals surface area contributed by atoms with E-state index in [0.717, 1.165) is 12.1 Å². The molecule has 0 saturated heterocycles. The van der Waals surface area contributed by atoms with E-state index in [1.54, 1.807) is 20.8 Å². The minimum Gasteiger partial charge on any atom is -0.465 e. The number of ether oxygens (including phenoxy) is 2. The third-order valence-electron chi connectivity index (χ3n) is 3.05. The van der Waals surface area contributed by atoms with Crippen molar-refractivity contribution in [3.8, 4) is 0 Å². The lowest BCUT2D eigenvalue weighted by atomic mass is 9.87. The average molecular weight is 300 g/mol. The molecule has 1 rings (SSSR count). The first-order valence-corrected chi connectivity index (χ1v) is 6.70. The third kappa shape index (κ3) is 4.24. The minimum atomic E-state index is -1.21. The molecule has 0 aliphatic heterocycles. The van der Waals surface area contributed by atoms with E-state index >= 15 is 0 Å². The molecule has 0 fully saturated rings. The Hall–Kier alpha value is -1.98. The van der Waals surface area contributed by atoms with Gasteiger partial charge in [0.15, 0.2) is 17.6 Å². The van der Waals surface area contributed by atoms with Gasteiger partial charge in [-0.05, 0) is 31.5 Å². The summed E-state index contributed by atoms with van der Waals surface area (Å²) in [6.07, 6.45) is 0. The minimum absolute atomic E-state index is 0.110. The fourth-order valence-electron chi connectivity index (χ4n) is 1.96. The molecular weight excluding hydrogens is 282 g/mol. The molecule has 0 amide bonds. The van der Waals surface area contributed by atoms with Gasteiger partial charge < -0.3 is 9.47 Å². The van der Waals surface area contributed by atoms with Crippen LogP contribution in [0, 0.1) is 17.6 Å². The molecule has 21 heavy (non-hydrogen) atoms. The number of benzene rings is 1. The molecule has 1 aromatic carbocycles. The Kier molecular flexibility index (Phi) is 6.27. The second-order valence-electron chi connectivity index (χ2n) is 4.44. The van der Waals surface area contributed by atoms with E-state index in [1.807, 2.05) is 0 Å². The smallest absolute Gasteiger partial charge is 0.320 e. The highest BCUT2D eigenvalue weighted by Gasteiger charge is 2.36. The largest absolute Gasteiger partial charge is 0.465 e. The van der Waals surface area contributed by atoms with Gasteiger partial charge in [0, 0.05) is 5.92 Å². The predicted molar refractivity (Wildman–Crippen MR) is 71.5 cm³/mol. The molecule has 0 aromatic heterocycles. The van der Waals surface area contributed by atoms with Gasteiger partial charge in [-0.2, -0.15) is 0 Å². The van der Waals surface area contributed by atoms with E-state index in [0.29, 0.717) is 5.56 Å². The fourth-order valence-corrected chi connectivity index (χ4v) is 1.96. The van der Waals surface area contributed by atoms with Crippen LogP contribution in [0.25, 0.3) is 0 Å². The maximum absolute atomic E-state index is 13.3. The van der Waals surface area contributed by atoms with Gasteiger partial charge in [-0.3, -0.25) is 9.59 Å². The molecule has 1 atom stereocenters. The van der Waals surface area contributed by atoms with Gasteiger partial charge in [-0.1, -0.05) is 13.0 Å². The summed E-state index contributed by atoms with van der Waals surface area (Å²) in [5.41, 5.74) is 0.319. The topological polar surface area (TPSA) is 52.6 Å². The number of esters is 2. The van der Waals surface area contributed by atoms with Crippen molar-refractivity contribution in [1.29, 1.82) is 0 Å². The molecule has 0 unspecified atom stereocenters. The van der Waals surface area contributed by atoms with Crippen LogP contribution in [0.2, 0.25) is 0 Å². The fraction of sp³-hybridized carbons (Fsp3) is 0.467. The molecular formula is C15H18F2O4. The standard InChI is InChI=1S/C15H18F2O4/c1-4-20-14(18)13(15(19)21-5-2)9(3)10-6-7-11(16)12(17)8-10/h6-9,13H,4-5H2,1-3H3/t9-/m0/s1. The Bertz CT molecular complexity index is 498. The van der Waals surface area contributed by atoms with Crippen LogP contribution >= 0.6 is 0 Å². The number of carbonyl (C=O) groups excluding carboxylic acids is 2. The number of hydrogen-bond donors (Lipinski definition) is 0. The van der Waals surface area contributed by atoms with E-state index in [-0.39, 0.29) is 13.2 Å². The summed E-state index contributed by atoms with van der Waals surface area (Å²) in [5, 5.41) is 0. The van der Waals surface area contributed by atoms with Crippen molar-refractivity contribution in [2.45, 2.75) is 26.7 Å². The lowest BCUT2D eigenvalue weighted by Gasteiger charge is -2.21.